The van der Waals surface area contributed by atoms with E-state index >= 15 is 0 Å². The van der Waals surface area contributed by atoms with Gasteiger partial charge in [-0.25, -0.2) is 0 Å². The molecular formula is C19H19NO. The molecule has 1 aromatic heterocycles. The second-order valence-electron chi connectivity index (χ2n) is 5.48. The van der Waals surface area contributed by atoms with Crippen LogP contribution in [-0.2, 0) is 6.42 Å². The Hall–Kier alpha value is -2.19. The number of benzene rings is 2. The van der Waals surface area contributed by atoms with Crippen molar-refractivity contribution in [2.75, 3.05) is 0 Å². The van der Waals surface area contributed by atoms with Crippen molar-refractivity contribution in [3.05, 3.63) is 77.6 Å². The van der Waals surface area contributed by atoms with Crippen molar-refractivity contribution in [3.8, 4) is 0 Å². The third-order valence-corrected chi connectivity index (χ3v) is 3.90. The zero-order chi connectivity index (χ0) is 14.7. The van der Waals surface area contributed by atoms with E-state index in [2.05, 4.69) is 36.2 Å². The molecule has 0 aliphatic rings. The van der Waals surface area contributed by atoms with Gasteiger partial charge in [-0.3, -0.25) is 4.98 Å². The SMILES string of the molecule is Cc1ccc(CCC(O)c2cccc3ccncc23)cc1. The highest BCUT2D eigenvalue weighted by atomic mass is 16.3. The molecule has 21 heavy (non-hydrogen) atoms. The number of hydrogen-bond donors (Lipinski definition) is 1. The lowest BCUT2D eigenvalue weighted by Gasteiger charge is -2.13. The lowest BCUT2D eigenvalue weighted by atomic mass is 9.97. The van der Waals surface area contributed by atoms with E-state index in [1.54, 1.807) is 6.20 Å². The molecule has 0 spiro atoms. The highest BCUT2D eigenvalue weighted by Gasteiger charge is 2.11. The highest BCUT2D eigenvalue weighted by molar-refractivity contribution is 5.85. The number of rotatable bonds is 4. The van der Waals surface area contributed by atoms with Gasteiger partial charge in [0, 0.05) is 17.8 Å². The zero-order valence-electron chi connectivity index (χ0n) is 12.2. The molecule has 0 radical (unpaired) electrons. The average molecular weight is 277 g/mol. The van der Waals surface area contributed by atoms with Gasteiger partial charge >= 0.3 is 0 Å². The minimum atomic E-state index is -0.459. The van der Waals surface area contributed by atoms with Crippen molar-refractivity contribution in [1.29, 1.82) is 0 Å². The molecule has 0 fully saturated rings. The van der Waals surface area contributed by atoms with E-state index in [1.807, 2.05) is 30.5 Å². The first-order valence-electron chi connectivity index (χ1n) is 7.30. The molecule has 1 atom stereocenters. The van der Waals surface area contributed by atoms with Gasteiger partial charge in [-0.15, -0.1) is 0 Å². The monoisotopic (exact) mass is 277 g/mol. The second-order valence-corrected chi connectivity index (χ2v) is 5.48. The molecule has 2 heteroatoms. The minimum Gasteiger partial charge on any atom is -0.388 e. The predicted octanol–water partition coefficient (Wildman–Crippen LogP) is 4.21. The third kappa shape index (κ3) is 3.11. The van der Waals surface area contributed by atoms with Crippen molar-refractivity contribution in [1.82, 2.24) is 4.98 Å². The summed E-state index contributed by atoms with van der Waals surface area (Å²) in [5.41, 5.74) is 3.49. The Morgan fingerprint density at radius 2 is 1.86 bits per heavy atom. The summed E-state index contributed by atoms with van der Waals surface area (Å²) < 4.78 is 0. The maximum atomic E-state index is 10.5. The Morgan fingerprint density at radius 1 is 1.05 bits per heavy atom. The Labute approximate surface area is 125 Å². The van der Waals surface area contributed by atoms with Crippen LogP contribution in [-0.4, -0.2) is 10.1 Å². The normalized spacial score (nSPS) is 12.5. The zero-order valence-corrected chi connectivity index (χ0v) is 12.2. The lowest BCUT2D eigenvalue weighted by molar-refractivity contribution is 0.169. The number of aryl methyl sites for hydroxylation is 2. The number of aliphatic hydroxyl groups excluding tert-OH is 1. The molecule has 2 nitrogen and oxygen atoms in total. The summed E-state index contributed by atoms with van der Waals surface area (Å²) in [5, 5.41) is 12.7. The van der Waals surface area contributed by atoms with Gasteiger partial charge in [-0.1, -0.05) is 48.0 Å². The minimum absolute atomic E-state index is 0.459. The van der Waals surface area contributed by atoms with E-state index in [-0.39, 0.29) is 0 Å². The van der Waals surface area contributed by atoms with Gasteiger partial charge in [-0.05, 0) is 42.3 Å². The molecule has 0 aliphatic carbocycles. The van der Waals surface area contributed by atoms with Crippen LogP contribution in [0.4, 0.5) is 0 Å². The van der Waals surface area contributed by atoms with Crippen LogP contribution in [0, 0.1) is 6.92 Å². The topological polar surface area (TPSA) is 33.1 Å². The number of hydrogen-bond acceptors (Lipinski definition) is 2. The Bertz CT molecular complexity index is 729. The Kier molecular flexibility index (Phi) is 3.98. The second kappa shape index (κ2) is 6.06. The quantitative estimate of drug-likeness (QED) is 0.775. The fourth-order valence-electron chi connectivity index (χ4n) is 2.64. The van der Waals surface area contributed by atoms with Gasteiger partial charge in [0.05, 0.1) is 6.10 Å². The number of pyridine rings is 1. The van der Waals surface area contributed by atoms with Crippen LogP contribution in [0.3, 0.4) is 0 Å². The first kappa shape index (κ1) is 13.8. The van der Waals surface area contributed by atoms with Crippen molar-refractivity contribution >= 4 is 10.8 Å². The Balaban J connectivity index is 1.78. The number of nitrogens with zero attached hydrogens (tertiary/aromatic N) is 1. The van der Waals surface area contributed by atoms with Crippen LogP contribution >= 0.6 is 0 Å². The smallest absolute Gasteiger partial charge is 0.0799 e. The lowest BCUT2D eigenvalue weighted by Crippen LogP contribution is -2.01. The van der Waals surface area contributed by atoms with Crippen LogP contribution in [0.1, 0.15) is 29.2 Å². The molecule has 2 aromatic carbocycles. The van der Waals surface area contributed by atoms with E-state index in [0.717, 1.165) is 29.2 Å². The third-order valence-electron chi connectivity index (χ3n) is 3.90. The average Bonchev–Trinajstić information content (AvgIpc) is 2.53. The van der Waals surface area contributed by atoms with Crippen LogP contribution in [0.15, 0.2) is 60.9 Å². The first-order chi connectivity index (χ1) is 10.2. The van der Waals surface area contributed by atoms with Gasteiger partial charge in [0.25, 0.3) is 0 Å². The molecule has 0 aliphatic heterocycles. The van der Waals surface area contributed by atoms with Crippen LogP contribution in [0.5, 0.6) is 0 Å². The first-order valence-corrected chi connectivity index (χ1v) is 7.30. The van der Waals surface area contributed by atoms with E-state index in [4.69, 9.17) is 0 Å². The molecule has 0 bridgehead atoms. The molecule has 1 unspecified atom stereocenters. The van der Waals surface area contributed by atoms with Gasteiger partial charge in [0.1, 0.15) is 0 Å². The van der Waals surface area contributed by atoms with Crippen molar-refractivity contribution < 1.29 is 5.11 Å². The molecule has 0 saturated heterocycles. The molecule has 3 aromatic rings. The summed E-state index contributed by atoms with van der Waals surface area (Å²) in [4.78, 5) is 4.17. The van der Waals surface area contributed by atoms with E-state index in [0.29, 0.717) is 0 Å². The van der Waals surface area contributed by atoms with Gasteiger partial charge < -0.3 is 5.11 Å². The fraction of sp³-hybridized carbons (Fsp3) is 0.211. The van der Waals surface area contributed by atoms with Gasteiger partial charge in [0.2, 0.25) is 0 Å². The van der Waals surface area contributed by atoms with Crippen molar-refractivity contribution in [2.24, 2.45) is 0 Å². The molecule has 0 saturated carbocycles. The summed E-state index contributed by atoms with van der Waals surface area (Å²) in [6.07, 6.45) is 4.75. The number of aliphatic hydroxyl groups is 1. The molecule has 1 N–H and O–H groups in total. The number of fused-ring (bicyclic) bond motifs is 1. The van der Waals surface area contributed by atoms with Gasteiger partial charge in [-0.2, -0.15) is 0 Å². The van der Waals surface area contributed by atoms with E-state index in [1.165, 1.54) is 11.1 Å². The summed E-state index contributed by atoms with van der Waals surface area (Å²) in [5.74, 6) is 0. The molecule has 106 valence electrons. The summed E-state index contributed by atoms with van der Waals surface area (Å²) >= 11 is 0. The van der Waals surface area contributed by atoms with Crippen LogP contribution in [0.2, 0.25) is 0 Å². The maximum absolute atomic E-state index is 10.5. The largest absolute Gasteiger partial charge is 0.388 e. The van der Waals surface area contributed by atoms with Crippen LogP contribution in [0.25, 0.3) is 10.8 Å². The van der Waals surface area contributed by atoms with Crippen molar-refractivity contribution in [2.45, 2.75) is 25.9 Å². The fourth-order valence-corrected chi connectivity index (χ4v) is 2.64. The summed E-state index contributed by atoms with van der Waals surface area (Å²) in [7, 11) is 0. The van der Waals surface area contributed by atoms with Crippen LogP contribution < -0.4 is 0 Å². The predicted molar refractivity (Wildman–Crippen MR) is 86.2 cm³/mol. The highest BCUT2D eigenvalue weighted by Crippen LogP contribution is 2.26. The Morgan fingerprint density at radius 3 is 2.67 bits per heavy atom. The summed E-state index contributed by atoms with van der Waals surface area (Å²) in [6, 6.07) is 16.5. The molecule has 0 amide bonds. The molecular weight excluding hydrogens is 258 g/mol. The van der Waals surface area contributed by atoms with Gasteiger partial charge in [0.15, 0.2) is 0 Å². The summed E-state index contributed by atoms with van der Waals surface area (Å²) in [6.45, 7) is 2.09. The van der Waals surface area contributed by atoms with Crippen molar-refractivity contribution in [3.63, 3.8) is 0 Å². The maximum Gasteiger partial charge on any atom is 0.0799 e. The standard InChI is InChI=1S/C19H19NO/c1-14-5-7-15(8-6-14)9-10-19(21)17-4-2-3-16-11-12-20-13-18(16)17/h2-8,11-13,19,21H,9-10H2,1H3. The van der Waals surface area contributed by atoms with E-state index < -0.39 is 6.10 Å². The number of aromatic nitrogens is 1. The molecule has 3 rings (SSSR count). The molecule has 1 heterocycles. The van der Waals surface area contributed by atoms with E-state index in [9.17, 15) is 5.11 Å².